The van der Waals surface area contributed by atoms with Gasteiger partial charge < -0.3 is 15.4 Å². The smallest absolute Gasteiger partial charge is 0.0667 e. The predicted molar refractivity (Wildman–Crippen MR) is 119 cm³/mol. The molecule has 0 aliphatic heterocycles. The van der Waals surface area contributed by atoms with Crippen molar-refractivity contribution in [2.45, 2.75) is 32.9 Å². The highest BCUT2D eigenvalue weighted by Crippen LogP contribution is 2.23. The van der Waals surface area contributed by atoms with E-state index in [1.54, 1.807) is 7.11 Å². The fourth-order valence-corrected chi connectivity index (χ4v) is 3.25. The van der Waals surface area contributed by atoms with Gasteiger partial charge in [0.2, 0.25) is 0 Å². The third kappa shape index (κ3) is 5.86. The lowest BCUT2D eigenvalue weighted by atomic mass is 10.0. The number of anilines is 2. The molecule has 146 valence electrons. The zero-order chi connectivity index (χ0) is 19.8. The lowest BCUT2D eigenvalue weighted by Gasteiger charge is -2.22. The quantitative estimate of drug-likeness (QED) is 0.512. The molecule has 0 aliphatic rings. The summed E-state index contributed by atoms with van der Waals surface area (Å²) in [6, 6.07) is 25.9. The first-order valence-corrected chi connectivity index (χ1v) is 9.83. The molecule has 0 heterocycles. The van der Waals surface area contributed by atoms with Gasteiger partial charge >= 0.3 is 0 Å². The molecule has 0 aliphatic carbocycles. The number of hydrogen-bond donors (Lipinski definition) is 2. The van der Waals surface area contributed by atoms with E-state index in [1.165, 1.54) is 22.3 Å². The van der Waals surface area contributed by atoms with Crippen molar-refractivity contribution in [3.05, 3.63) is 95.1 Å². The Morgan fingerprint density at radius 2 is 1.32 bits per heavy atom. The van der Waals surface area contributed by atoms with E-state index in [2.05, 4.69) is 97.3 Å². The normalized spacial score (nSPS) is 11.8. The van der Waals surface area contributed by atoms with Gasteiger partial charge in [-0.2, -0.15) is 0 Å². The molecule has 28 heavy (non-hydrogen) atoms. The first-order valence-electron chi connectivity index (χ1n) is 9.83. The monoisotopic (exact) mass is 374 g/mol. The molecular weight excluding hydrogens is 344 g/mol. The minimum absolute atomic E-state index is 0.204. The van der Waals surface area contributed by atoms with Crippen molar-refractivity contribution in [2.75, 3.05) is 24.4 Å². The summed E-state index contributed by atoms with van der Waals surface area (Å²) >= 11 is 0. The molecule has 3 aromatic rings. The summed E-state index contributed by atoms with van der Waals surface area (Å²) in [5, 5.41) is 7.23. The number of benzene rings is 3. The van der Waals surface area contributed by atoms with Crippen LogP contribution in [0.5, 0.6) is 0 Å². The number of ether oxygens (including phenoxy) is 1. The van der Waals surface area contributed by atoms with Gasteiger partial charge in [-0.3, -0.25) is 0 Å². The second kappa shape index (κ2) is 9.95. The highest BCUT2D eigenvalue weighted by atomic mass is 16.5. The molecule has 0 saturated carbocycles. The topological polar surface area (TPSA) is 33.3 Å². The summed E-state index contributed by atoms with van der Waals surface area (Å²) in [7, 11) is 1.76. The molecule has 0 fully saturated rings. The molecule has 3 heteroatoms. The minimum atomic E-state index is 0.204. The predicted octanol–water partition coefficient (Wildman–Crippen LogP) is 5.59. The molecular formula is C25H30N2O. The van der Waals surface area contributed by atoms with Crippen LogP contribution in [0.1, 0.15) is 22.3 Å². The average molecular weight is 375 g/mol. The molecule has 1 atom stereocenters. The van der Waals surface area contributed by atoms with E-state index < -0.39 is 0 Å². The highest BCUT2D eigenvalue weighted by Gasteiger charge is 2.12. The fraction of sp³-hybridized carbons (Fsp3) is 0.280. The van der Waals surface area contributed by atoms with Gasteiger partial charge in [-0.05, 0) is 43.5 Å². The van der Waals surface area contributed by atoms with Crippen molar-refractivity contribution >= 4 is 11.4 Å². The Kier molecular flexibility index (Phi) is 7.10. The molecule has 0 amide bonds. The van der Waals surface area contributed by atoms with Crippen molar-refractivity contribution in [1.82, 2.24) is 0 Å². The van der Waals surface area contributed by atoms with E-state index in [1.807, 2.05) is 0 Å². The third-order valence-corrected chi connectivity index (χ3v) is 4.86. The van der Waals surface area contributed by atoms with Crippen LogP contribution < -0.4 is 10.6 Å². The van der Waals surface area contributed by atoms with Crippen LogP contribution in [0.15, 0.2) is 72.8 Å². The van der Waals surface area contributed by atoms with Gasteiger partial charge in [0, 0.05) is 13.7 Å². The van der Waals surface area contributed by atoms with E-state index in [0.29, 0.717) is 6.61 Å². The molecule has 0 saturated heterocycles. The van der Waals surface area contributed by atoms with E-state index in [4.69, 9.17) is 4.74 Å². The standard InChI is InChI=1S/C25H30N2O/c1-19-8-12-21(13-9-19)16-23(18-28-3)27-25-7-5-4-6-24(25)26-17-22-14-10-20(2)11-15-22/h4-15,23,26-27H,16-18H2,1-3H3/t23-/m0/s1. The van der Waals surface area contributed by atoms with Crippen LogP contribution in [0.3, 0.4) is 0 Å². The zero-order valence-corrected chi connectivity index (χ0v) is 17.0. The zero-order valence-electron chi connectivity index (χ0n) is 17.0. The van der Waals surface area contributed by atoms with Gasteiger partial charge in [-0.1, -0.05) is 71.8 Å². The van der Waals surface area contributed by atoms with Crippen molar-refractivity contribution in [2.24, 2.45) is 0 Å². The second-order valence-corrected chi connectivity index (χ2v) is 7.37. The average Bonchev–Trinajstić information content (AvgIpc) is 2.70. The number of para-hydroxylation sites is 2. The van der Waals surface area contributed by atoms with Crippen LogP contribution in [-0.4, -0.2) is 19.8 Å². The highest BCUT2D eigenvalue weighted by molar-refractivity contribution is 5.69. The maximum absolute atomic E-state index is 5.47. The molecule has 3 aromatic carbocycles. The minimum Gasteiger partial charge on any atom is -0.383 e. The molecule has 0 spiro atoms. The summed E-state index contributed by atoms with van der Waals surface area (Å²) in [6.07, 6.45) is 0.917. The maximum atomic E-state index is 5.47. The molecule has 0 bridgehead atoms. The molecule has 0 unspecified atom stereocenters. The number of rotatable bonds is 9. The van der Waals surface area contributed by atoms with E-state index in [9.17, 15) is 0 Å². The number of methoxy groups -OCH3 is 1. The van der Waals surface area contributed by atoms with E-state index in [0.717, 1.165) is 24.3 Å². The molecule has 3 nitrogen and oxygen atoms in total. The van der Waals surface area contributed by atoms with Gasteiger partial charge in [-0.25, -0.2) is 0 Å². The van der Waals surface area contributed by atoms with Crippen LogP contribution >= 0.6 is 0 Å². The van der Waals surface area contributed by atoms with Gasteiger partial charge in [0.1, 0.15) is 0 Å². The summed E-state index contributed by atoms with van der Waals surface area (Å²) in [4.78, 5) is 0. The van der Waals surface area contributed by atoms with Gasteiger partial charge in [-0.15, -0.1) is 0 Å². The molecule has 2 N–H and O–H groups in total. The second-order valence-electron chi connectivity index (χ2n) is 7.37. The van der Waals surface area contributed by atoms with Gasteiger partial charge in [0.25, 0.3) is 0 Å². The number of hydrogen-bond acceptors (Lipinski definition) is 3. The van der Waals surface area contributed by atoms with Crippen molar-refractivity contribution < 1.29 is 4.74 Å². The van der Waals surface area contributed by atoms with Gasteiger partial charge in [0.05, 0.1) is 24.0 Å². The van der Waals surface area contributed by atoms with E-state index >= 15 is 0 Å². The largest absolute Gasteiger partial charge is 0.383 e. The molecule has 0 aromatic heterocycles. The SMILES string of the molecule is COC[C@H](Cc1ccc(C)cc1)Nc1ccccc1NCc1ccc(C)cc1. The fourth-order valence-electron chi connectivity index (χ4n) is 3.25. The third-order valence-electron chi connectivity index (χ3n) is 4.86. The van der Waals surface area contributed by atoms with Crippen molar-refractivity contribution in [1.29, 1.82) is 0 Å². The van der Waals surface area contributed by atoms with Crippen LogP contribution in [0.4, 0.5) is 11.4 Å². The number of nitrogens with one attached hydrogen (secondary N) is 2. The Labute approximate surface area is 168 Å². The number of aryl methyl sites for hydroxylation is 2. The molecule has 3 rings (SSSR count). The summed E-state index contributed by atoms with van der Waals surface area (Å²) in [6.45, 7) is 5.68. The summed E-state index contributed by atoms with van der Waals surface area (Å²) < 4.78 is 5.47. The Morgan fingerprint density at radius 1 is 0.750 bits per heavy atom. The van der Waals surface area contributed by atoms with Crippen LogP contribution in [0.25, 0.3) is 0 Å². The summed E-state index contributed by atoms with van der Waals surface area (Å²) in [5.41, 5.74) is 7.35. The summed E-state index contributed by atoms with van der Waals surface area (Å²) in [5.74, 6) is 0. The Morgan fingerprint density at radius 3 is 1.93 bits per heavy atom. The van der Waals surface area contributed by atoms with Crippen molar-refractivity contribution in [3.8, 4) is 0 Å². The lowest BCUT2D eigenvalue weighted by molar-refractivity contribution is 0.185. The van der Waals surface area contributed by atoms with E-state index in [-0.39, 0.29) is 6.04 Å². The van der Waals surface area contributed by atoms with Gasteiger partial charge in [0.15, 0.2) is 0 Å². The maximum Gasteiger partial charge on any atom is 0.0667 e. The first kappa shape index (κ1) is 20.0. The first-order chi connectivity index (χ1) is 13.6. The van der Waals surface area contributed by atoms with Crippen LogP contribution in [0.2, 0.25) is 0 Å². The Hall–Kier alpha value is -2.78. The van der Waals surface area contributed by atoms with Crippen molar-refractivity contribution in [3.63, 3.8) is 0 Å². The Balaban J connectivity index is 1.68. The van der Waals surface area contributed by atoms with Crippen LogP contribution in [-0.2, 0) is 17.7 Å². The molecule has 0 radical (unpaired) electrons. The Bertz CT molecular complexity index is 856. The van der Waals surface area contributed by atoms with Crippen LogP contribution in [0, 0.1) is 13.8 Å². The lowest BCUT2D eigenvalue weighted by Crippen LogP contribution is -2.28.